The summed E-state index contributed by atoms with van der Waals surface area (Å²) in [6.45, 7) is 0.757. The summed E-state index contributed by atoms with van der Waals surface area (Å²) in [7, 11) is 1.46. The zero-order valence-electron chi connectivity index (χ0n) is 11.6. The lowest BCUT2D eigenvalue weighted by Gasteiger charge is -2.08. The number of ether oxygens (including phenoxy) is 2. The molecule has 0 fully saturated rings. The van der Waals surface area contributed by atoms with E-state index in [9.17, 15) is 4.79 Å². The molecule has 0 aliphatic heterocycles. The van der Waals surface area contributed by atoms with Crippen LogP contribution >= 0.6 is 0 Å². The fourth-order valence-corrected chi connectivity index (χ4v) is 1.52. The summed E-state index contributed by atoms with van der Waals surface area (Å²) in [6.07, 6.45) is 1.50. The standard InChI is InChI=1S/C14H16N4O3/c1-20-14-16-8-7-12(18-14)17-13(19)15-9-10-21-11-5-3-2-4-6-11/h2-8H,9-10H2,1H3,(H2,15,16,17,18,19). The van der Waals surface area contributed by atoms with Gasteiger partial charge in [0.1, 0.15) is 18.2 Å². The van der Waals surface area contributed by atoms with Gasteiger partial charge in [0.15, 0.2) is 0 Å². The zero-order valence-corrected chi connectivity index (χ0v) is 11.6. The summed E-state index contributed by atoms with van der Waals surface area (Å²) in [5.41, 5.74) is 0. The van der Waals surface area contributed by atoms with Crippen molar-refractivity contribution >= 4 is 11.8 Å². The van der Waals surface area contributed by atoms with E-state index in [-0.39, 0.29) is 12.0 Å². The highest BCUT2D eigenvalue weighted by atomic mass is 16.5. The maximum Gasteiger partial charge on any atom is 0.320 e. The fraction of sp³-hybridized carbons (Fsp3) is 0.214. The monoisotopic (exact) mass is 288 g/mol. The van der Waals surface area contributed by atoms with E-state index >= 15 is 0 Å². The molecule has 0 spiro atoms. The molecule has 21 heavy (non-hydrogen) atoms. The number of rotatable bonds is 6. The number of hydrogen-bond donors (Lipinski definition) is 2. The maximum atomic E-state index is 11.6. The largest absolute Gasteiger partial charge is 0.492 e. The minimum Gasteiger partial charge on any atom is -0.492 e. The van der Waals surface area contributed by atoms with Gasteiger partial charge in [0.05, 0.1) is 13.7 Å². The first-order chi connectivity index (χ1) is 10.3. The Morgan fingerprint density at radius 2 is 2.05 bits per heavy atom. The van der Waals surface area contributed by atoms with Gasteiger partial charge < -0.3 is 14.8 Å². The summed E-state index contributed by atoms with van der Waals surface area (Å²) in [6, 6.07) is 10.8. The van der Waals surface area contributed by atoms with Crippen LogP contribution < -0.4 is 20.1 Å². The van der Waals surface area contributed by atoms with Crippen molar-refractivity contribution in [1.29, 1.82) is 0 Å². The van der Waals surface area contributed by atoms with Crippen molar-refractivity contribution < 1.29 is 14.3 Å². The lowest BCUT2D eigenvalue weighted by molar-refractivity contribution is 0.247. The predicted molar refractivity (Wildman–Crippen MR) is 77.5 cm³/mol. The molecule has 0 radical (unpaired) electrons. The lowest BCUT2D eigenvalue weighted by Crippen LogP contribution is -2.32. The number of aromatic nitrogens is 2. The van der Waals surface area contributed by atoms with E-state index in [1.807, 2.05) is 30.3 Å². The number of methoxy groups -OCH3 is 1. The van der Waals surface area contributed by atoms with Crippen LogP contribution in [0.15, 0.2) is 42.6 Å². The summed E-state index contributed by atoms with van der Waals surface area (Å²) in [5.74, 6) is 1.13. The number of hydrogen-bond acceptors (Lipinski definition) is 5. The Balaban J connectivity index is 1.70. The Kier molecular flexibility index (Phi) is 5.33. The molecule has 2 N–H and O–H groups in total. The van der Waals surface area contributed by atoms with Crippen molar-refractivity contribution in [2.24, 2.45) is 0 Å². The number of para-hydroxylation sites is 1. The molecule has 0 atom stereocenters. The number of nitrogens with zero attached hydrogens (tertiary/aromatic N) is 2. The molecule has 1 aromatic carbocycles. The summed E-state index contributed by atoms with van der Waals surface area (Å²) in [4.78, 5) is 19.5. The van der Waals surface area contributed by atoms with Gasteiger partial charge in [0.2, 0.25) is 0 Å². The Labute approximate surface area is 122 Å². The number of amides is 2. The summed E-state index contributed by atoms with van der Waals surface area (Å²) in [5, 5.41) is 5.24. The number of benzene rings is 1. The molecule has 2 rings (SSSR count). The van der Waals surface area contributed by atoms with Crippen molar-refractivity contribution in [3.05, 3.63) is 42.6 Å². The zero-order chi connectivity index (χ0) is 14.9. The van der Waals surface area contributed by atoms with Crippen LogP contribution in [0.25, 0.3) is 0 Å². The van der Waals surface area contributed by atoms with Gasteiger partial charge in [-0.15, -0.1) is 0 Å². The van der Waals surface area contributed by atoms with Gasteiger partial charge in [-0.2, -0.15) is 4.98 Å². The third-order valence-electron chi connectivity index (χ3n) is 2.46. The molecule has 0 unspecified atom stereocenters. The summed E-state index contributed by atoms with van der Waals surface area (Å²) >= 11 is 0. The van der Waals surface area contributed by atoms with Crippen LogP contribution in [0.5, 0.6) is 11.8 Å². The Morgan fingerprint density at radius 3 is 2.81 bits per heavy atom. The molecule has 1 aromatic heterocycles. The Morgan fingerprint density at radius 1 is 1.24 bits per heavy atom. The van der Waals surface area contributed by atoms with Crippen molar-refractivity contribution in [3.63, 3.8) is 0 Å². The van der Waals surface area contributed by atoms with Crippen molar-refractivity contribution in [1.82, 2.24) is 15.3 Å². The van der Waals surface area contributed by atoms with Crippen LogP contribution in [-0.2, 0) is 0 Å². The molecule has 0 aliphatic carbocycles. The van der Waals surface area contributed by atoms with E-state index in [0.29, 0.717) is 19.0 Å². The number of nitrogens with one attached hydrogen (secondary N) is 2. The van der Waals surface area contributed by atoms with E-state index < -0.39 is 0 Å². The summed E-state index contributed by atoms with van der Waals surface area (Å²) < 4.78 is 10.3. The van der Waals surface area contributed by atoms with Crippen LogP contribution in [0.4, 0.5) is 10.6 Å². The molecule has 0 bridgehead atoms. The van der Waals surface area contributed by atoms with Crippen molar-refractivity contribution in [2.45, 2.75) is 0 Å². The number of anilines is 1. The van der Waals surface area contributed by atoms with Crippen LogP contribution in [0, 0.1) is 0 Å². The van der Waals surface area contributed by atoms with E-state index in [4.69, 9.17) is 9.47 Å². The van der Waals surface area contributed by atoms with Gasteiger partial charge >= 0.3 is 12.0 Å². The van der Waals surface area contributed by atoms with E-state index in [1.165, 1.54) is 13.3 Å². The van der Waals surface area contributed by atoms with Crippen LogP contribution in [0.3, 0.4) is 0 Å². The number of carbonyl (C=O) groups excluding carboxylic acids is 1. The van der Waals surface area contributed by atoms with Crippen LogP contribution in [-0.4, -0.2) is 36.3 Å². The van der Waals surface area contributed by atoms with Gasteiger partial charge in [0.25, 0.3) is 0 Å². The topological polar surface area (TPSA) is 85.4 Å². The second-order valence-electron chi connectivity index (χ2n) is 3.97. The average molecular weight is 288 g/mol. The molecule has 110 valence electrons. The van der Waals surface area contributed by atoms with E-state index in [1.54, 1.807) is 6.07 Å². The quantitative estimate of drug-likeness (QED) is 0.790. The number of carbonyl (C=O) groups is 1. The van der Waals surface area contributed by atoms with Gasteiger partial charge in [-0.3, -0.25) is 5.32 Å². The highest BCUT2D eigenvalue weighted by Gasteiger charge is 2.04. The van der Waals surface area contributed by atoms with Gasteiger partial charge in [0, 0.05) is 6.20 Å². The van der Waals surface area contributed by atoms with Gasteiger partial charge in [-0.05, 0) is 18.2 Å². The van der Waals surface area contributed by atoms with Crippen LogP contribution in [0.1, 0.15) is 0 Å². The molecule has 0 saturated heterocycles. The fourth-order valence-electron chi connectivity index (χ4n) is 1.52. The molecule has 0 aliphatic rings. The average Bonchev–Trinajstić information content (AvgIpc) is 2.53. The second kappa shape index (κ2) is 7.68. The molecule has 7 nitrogen and oxygen atoms in total. The third kappa shape index (κ3) is 4.98. The highest BCUT2D eigenvalue weighted by molar-refractivity contribution is 5.88. The maximum absolute atomic E-state index is 11.6. The van der Waals surface area contributed by atoms with E-state index in [0.717, 1.165) is 5.75 Å². The molecular formula is C14H16N4O3. The molecular weight excluding hydrogens is 272 g/mol. The SMILES string of the molecule is COc1nccc(NC(=O)NCCOc2ccccc2)n1. The molecule has 7 heteroatoms. The minimum absolute atomic E-state index is 0.195. The lowest BCUT2D eigenvalue weighted by atomic mass is 10.3. The molecule has 1 heterocycles. The van der Waals surface area contributed by atoms with Gasteiger partial charge in [-0.25, -0.2) is 9.78 Å². The predicted octanol–water partition coefficient (Wildman–Crippen LogP) is 1.69. The normalized spacial score (nSPS) is 9.76. The van der Waals surface area contributed by atoms with Crippen molar-refractivity contribution in [3.8, 4) is 11.8 Å². The highest BCUT2D eigenvalue weighted by Crippen LogP contribution is 2.08. The first-order valence-electron chi connectivity index (χ1n) is 6.37. The van der Waals surface area contributed by atoms with E-state index in [2.05, 4.69) is 20.6 Å². The number of urea groups is 1. The Hall–Kier alpha value is -2.83. The molecule has 2 aromatic rings. The Bertz CT molecular complexity index is 577. The van der Waals surface area contributed by atoms with Gasteiger partial charge in [-0.1, -0.05) is 18.2 Å². The first kappa shape index (κ1) is 14.6. The van der Waals surface area contributed by atoms with Crippen molar-refractivity contribution in [2.75, 3.05) is 25.6 Å². The first-order valence-corrected chi connectivity index (χ1v) is 6.37. The second-order valence-corrected chi connectivity index (χ2v) is 3.97. The third-order valence-corrected chi connectivity index (χ3v) is 2.46. The van der Waals surface area contributed by atoms with Crippen LogP contribution in [0.2, 0.25) is 0 Å². The minimum atomic E-state index is -0.368. The molecule has 2 amide bonds. The smallest absolute Gasteiger partial charge is 0.320 e. The molecule has 0 saturated carbocycles.